The predicted molar refractivity (Wildman–Crippen MR) is 117 cm³/mol. The molecule has 0 atom stereocenters. The maximum atomic E-state index is 12.5. The number of carbonyl (C=O) groups is 1. The number of nitriles is 1. The van der Waals surface area contributed by atoms with Crippen LogP contribution in [0.3, 0.4) is 0 Å². The highest BCUT2D eigenvalue weighted by molar-refractivity contribution is 6.06. The molecule has 0 N–H and O–H groups in total. The molecular weight excluding hydrogens is 392 g/mol. The van der Waals surface area contributed by atoms with Crippen molar-refractivity contribution in [2.75, 3.05) is 31.2 Å². The molecule has 1 fully saturated rings. The van der Waals surface area contributed by atoms with Gasteiger partial charge in [-0.25, -0.2) is 0 Å². The van der Waals surface area contributed by atoms with E-state index in [1.165, 1.54) is 6.08 Å². The quantitative estimate of drug-likeness (QED) is 0.420. The molecule has 0 radical (unpaired) electrons. The molecule has 31 heavy (non-hydrogen) atoms. The summed E-state index contributed by atoms with van der Waals surface area (Å²) in [5.41, 5.74) is 2.31. The highest BCUT2D eigenvalue weighted by atomic mass is 16.5. The summed E-state index contributed by atoms with van der Waals surface area (Å²) >= 11 is 0. The number of nitrogens with zero attached hydrogens (tertiary/aromatic N) is 2. The number of hydrogen-bond donors (Lipinski definition) is 0. The number of furan rings is 1. The summed E-state index contributed by atoms with van der Waals surface area (Å²) < 4.78 is 16.7. The maximum Gasteiger partial charge on any atom is 0.185 e. The first-order chi connectivity index (χ1) is 15.2. The minimum atomic E-state index is -0.0830. The molecule has 0 bridgehead atoms. The molecule has 6 heteroatoms. The molecule has 3 aromatic rings. The second kappa shape index (κ2) is 9.79. The van der Waals surface area contributed by atoms with E-state index in [0.29, 0.717) is 28.4 Å². The van der Waals surface area contributed by atoms with Gasteiger partial charge < -0.3 is 18.8 Å². The Morgan fingerprint density at radius 2 is 1.77 bits per heavy atom. The molecule has 0 saturated carbocycles. The van der Waals surface area contributed by atoms with Crippen LogP contribution in [0.25, 0.3) is 6.08 Å². The van der Waals surface area contributed by atoms with Crippen molar-refractivity contribution >= 4 is 17.5 Å². The van der Waals surface area contributed by atoms with E-state index in [4.69, 9.17) is 19.2 Å². The summed E-state index contributed by atoms with van der Waals surface area (Å²) in [5.74, 6) is 1.80. The summed E-state index contributed by atoms with van der Waals surface area (Å²) in [7, 11) is 0. The fraction of sp³-hybridized carbons (Fsp3) is 0.200. The molecule has 0 aliphatic carbocycles. The third kappa shape index (κ3) is 5.41. The molecule has 156 valence electrons. The smallest absolute Gasteiger partial charge is 0.185 e. The van der Waals surface area contributed by atoms with Gasteiger partial charge in [-0.15, -0.1) is 0 Å². The first-order valence-corrected chi connectivity index (χ1v) is 10.1. The zero-order valence-electron chi connectivity index (χ0n) is 17.0. The Morgan fingerprint density at radius 3 is 2.48 bits per heavy atom. The van der Waals surface area contributed by atoms with Crippen LogP contribution in [0.5, 0.6) is 5.75 Å². The Labute approximate surface area is 180 Å². The Bertz CT molecular complexity index is 1090. The van der Waals surface area contributed by atoms with Gasteiger partial charge in [-0.05, 0) is 72.8 Å². The van der Waals surface area contributed by atoms with Crippen molar-refractivity contribution in [2.24, 2.45) is 0 Å². The van der Waals surface area contributed by atoms with Crippen LogP contribution in [0.1, 0.15) is 27.4 Å². The number of morpholine rings is 1. The minimum Gasteiger partial charge on any atom is -0.486 e. The van der Waals surface area contributed by atoms with Crippen molar-refractivity contribution < 1.29 is 18.7 Å². The molecule has 4 rings (SSSR count). The lowest BCUT2D eigenvalue weighted by Gasteiger charge is -2.28. The third-order valence-electron chi connectivity index (χ3n) is 4.97. The normalized spacial score (nSPS) is 13.8. The molecule has 2 heterocycles. The van der Waals surface area contributed by atoms with Gasteiger partial charge in [0.25, 0.3) is 0 Å². The minimum absolute atomic E-state index is 0.0830. The predicted octanol–water partition coefficient (Wildman–Crippen LogP) is 4.46. The summed E-state index contributed by atoms with van der Waals surface area (Å²) in [6.45, 7) is 3.45. The van der Waals surface area contributed by atoms with E-state index in [9.17, 15) is 4.79 Å². The maximum absolute atomic E-state index is 12.5. The van der Waals surface area contributed by atoms with Gasteiger partial charge in [0.1, 0.15) is 23.9 Å². The van der Waals surface area contributed by atoms with Crippen LogP contribution >= 0.6 is 0 Å². The zero-order valence-corrected chi connectivity index (χ0v) is 17.0. The second-order valence-corrected chi connectivity index (χ2v) is 7.07. The van der Waals surface area contributed by atoms with E-state index in [1.807, 2.05) is 30.3 Å². The summed E-state index contributed by atoms with van der Waals surface area (Å²) in [6.07, 6.45) is 3.16. The Morgan fingerprint density at radius 1 is 1.03 bits per heavy atom. The highest BCUT2D eigenvalue weighted by Gasteiger charge is 2.11. The van der Waals surface area contributed by atoms with Crippen LogP contribution in [-0.2, 0) is 11.3 Å². The first kappa shape index (κ1) is 20.5. The van der Waals surface area contributed by atoms with Gasteiger partial charge in [0, 0.05) is 24.3 Å². The number of carbonyl (C=O) groups excluding carboxylic acids is 1. The number of allylic oxidation sites excluding steroid dienone is 1. The van der Waals surface area contributed by atoms with Crippen molar-refractivity contribution in [3.8, 4) is 11.8 Å². The Balaban J connectivity index is 1.31. The fourth-order valence-corrected chi connectivity index (χ4v) is 3.25. The number of hydrogen-bond acceptors (Lipinski definition) is 6. The molecule has 1 aromatic heterocycles. The molecule has 1 aliphatic heterocycles. The number of benzene rings is 2. The zero-order chi connectivity index (χ0) is 21.5. The molecule has 1 saturated heterocycles. The molecule has 0 amide bonds. The van der Waals surface area contributed by atoms with E-state index < -0.39 is 0 Å². The van der Waals surface area contributed by atoms with Crippen LogP contribution in [0.4, 0.5) is 5.69 Å². The van der Waals surface area contributed by atoms with Crippen molar-refractivity contribution in [2.45, 2.75) is 6.61 Å². The average Bonchev–Trinajstić information content (AvgIpc) is 3.30. The van der Waals surface area contributed by atoms with Crippen molar-refractivity contribution in [1.82, 2.24) is 0 Å². The fourth-order valence-electron chi connectivity index (χ4n) is 3.25. The number of ether oxygens (including phenoxy) is 2. The average molecular weight is 414 g/mol. The van der Waals surface area contributed by atoms with Gasteiger partial charge in [0.2, 0.25) is 0 Å². The topological polar surface area (TPSA) is 75.7 Å². The molecule has 1 aliphatic rings. The Hall–Kier alpha value is -3.82. The SMILES string of the molecule is N#Cc1ccc(OCc2ccc(/C=C/C(=O)c3ccc(N4CCOCC4)cc3)o2)cc1. The van der Waals surface area contributed by atoms with Gasteiger partial charge in [-0.1, -0.05) is 0 Å². The van der Waals surface area contributed by atoms with Crippen LogP contribution in [0.2, 0.25) is 0 Å². The molecule has 0 unspecified atom stereocenters. The molecular formula is C25H22N2O4. The summed E-state index contributed by atoms with van der Waals surface area (Å²) in [6, 6.07) is 20.2. The van der Waals surface area contributed by atoms with Crippen LogP contribution in [-0.4, -0.2) is 32.1 Å². The van der Waals surface area contributed by atoms with E-state index in [2.05, 4.69) is 11.0 Å². The van der Waals surface area contributed by atoms with E-state index >= 15 is 0 Å². The van der Waals surface area contributed by atoms with Gasteiger partial charge in [0.05, 0.1) is 24.8 Å². The van der Waals surface area contributed by atoms with Crippen molar-refractivity contribution in [3.05, 3.63) is 89.4 Å². The molecule has 2 aromatic carbocycles. The largest absolute Gasteiger partial charge is 0.486 e. The lowest BCUT2D eigenvalue weighted by atomic mass is 10.1. The number of rotatable bonds is 7. The lowest BCUT2D eigenvalue weighted by Crippen LogP contribution is -2.36. The van der Waals surface area contributed by atoms with Crippen molar-refractivity contribution in [1.29, 1.82) is 5.26 Å². The molecule has 6 nitrogen and oxygen atoms in total. The first-order valence-electron chi connectivity index (χ1n) is 10.1. The highest BCUT2D eigenvalue weighted by Crippen LogP contribution is 2.18. The Kier molecular flexibility index (Phi) is 6.46. The summed E-state index contributed by atoms with van der Waals surface area (Å²) in [5, 5.41) is 8.83. The van der Waals surface area contributed by atoms with Crippen LogP contribution < -0.4 is 9.64 Å². The number of ketones is 1. The number of anilines is 1. The standard InChI is InChI=1S/C25H22N2O4/c26-17-19-1-7-22(8-2-19)30-18-24-10-9-23(31-24)11-12-25(28)20-3-5-21(6-4-20)27-13-15-29-16-14-27/h1-12H,13-16,18H2/b12-11+. The van der Waals surface area contributed by atoms with Crippen LogP contribution in [0, 0.1) is 11.3 Å². The van der Waals surface area contributed by atoms with Crippen molar-refractivity contribution in [3.63, 3.8) is 0 Å². The van der Waals surface area contributed by atoms with Gasteiger partial charge in [0.15, 0.2) is 5.78 Å². The summed E-state index contributed by atoms with van der Waals surface area (Å²) in [4.78, 5) is 14.7. The lowest BCUT2D eigenvalue weighted by molar-refractivity contribution is 0.104. The van der Waals surface area contributed by atoms with Gasteiger partial charge in [-0.3, -0.25) is 4.79 Å². The third-order valence-corrected chi connectivity index (χ3v) is 4.97. The van der Waals surface area contributed by atoms with E-state index in [-0.39, 0.29) is 12.4 Å². The molecule has 0 spiro atoms. The van der Waals surface area contributed by atoms with Gasteiger partial charge in [-0.2, -0.15) is 5.26 Å². The van der Waals surface area contributed by atoms with E-state index in [1.54, 1.807) is 36.4 Å². The van der Waals surface area contributed by atoms with Crippen LogP contribution in [0.15, 0.2) is 71.2 Å². The monoisotopic (exact) mass is 414 g/mol. The van der Waals surface area contributed by atoms with Gasteiger partial charge >= 0.3 is 0 Å². The second-order valence-electron chi connectivity index (χ2n) is 7.07. The van der Waals surface area contributed by atoms with E-state index in [0.717, 1.165) is 32.0 Å².